The molecule has 0 aliphatic carbocycles. The molecule has 116 valence electrons. The minimum atomic E-state index is -0.347. The quantitative estimate of drug-likeness (QED) is 0.551. The largest absolute Gasteiger partial charge is 0.333 e. The summed E-state index contributed by atoms with van der Waals surface area (Å²) in [7, 11) is 0. The second kappa shape index (κ2) is 7.91. The van der Waals surface area contributed by atoms with Crippen molar-refractivity contribution in [3.63, 3.8) is 0 Å². The molecule has 0 spiro atoms. The first-order chi connectivity index (χ1) is 9.53. The van der Waals surface area contributed by atoms with Gasteiger partial charge in [0.05, 0.1) is 0 Å². The molecule has 1 aliphatic heterocycles. The third-order valence-electron chi connectivity index (χ3n) is 4.20. The molecule has 1 fully saturated rings. The summed E-state index contributed by atoms with van der Waals surface area (Å²) < 4.78 is 0. The fraction of sp³-hybridized carbons (Fsp3) is 0.867. The first kappa shape index (κ1) is 17.3. The molecule has 0 bridgehead atoms. The number of nitrogens with zero attached hydrogens (tertiary/aromatic N) is 2. The van der Waals surface area contributed by atoms with E-state index in [-0.39, 0.29) is 17.2 Å². The fourth-order valence-electron chi connectivity index (χ4n) is 3.12. The number of piperazine rings is 1. The van der Waals surface area contributed by atoms with Crippen molar-refractivity contribution in [1.29, 1.82) is 0 Å². The normalized spacial score (nSPS) is 17.0. The molecule has 2 amide bonds. The summed E-state index contributed by atoms with van der Waals surface area (Å²) >= 11 is 4.52. The van der Waals surface area contributed by atoms with E-state index in [0.717, 1.165) is 31.4 Å². The average molecular weight is 300 g/mol. The Morgan fingerprint density at radius 2 is 1.50 bits per heavy atom. The van der Waals surface area contributed by atoms with Crippen molar-refractivity contribution in [3.8, 4) is 0 Å². The van der Waals surface area contributed by atoms with Gasteiger partial charge in [-0.1, -0.05) is 26.7 Å². The molecule has 1 heterocycles. The van der Waals surface area contributed by atoms with Crippen molar-refractivity contribution in [1.82, 2.24) is 9.80 Å². The zero-order chi connectivity index (χ0) is 15.2. The van der Waals surface area contributed by atoms with Crippen LogP contribution >= 0.6 is 12.6 Å². The van der Waals surface area contributed by atoms with Crippen LogP contribution in [0.25, 0.3) is 0 Å². The van der Waals surface area contributed by atoms with Gasteiger partial charge in [0.1, 0.15) is 0 Å². The summed E-state index contributed by atoms with van der Waals surface area (Å²) in [6.07, 6.45) is 4.27. The second-order valence-corrected chi connectivity index (χ2v) is 6.09. The first-order valence-electron chi connectivity index (χ1n) is 7.72. The summed E-state index contributed by atoms with van der Waals surface area (Å²) in [5.41, 5.74) is 0.0525. The summed E-state index contributed by atoms with van der Waals surface area (Å²) in [6, 6.07) is 0. The molecular formula is C15H28N2O2S. The highest BCUT2D eigenvalue weighted by Crippen LogP contribution is 2.33. The molecule has 5 heteroatoms. The third-order valence-corrected chi connectivity index (χ3v) is 4.87. The number of carbonyl (C=O) groups excluding carboxylic acids is 2. The van der Waals surface area contributed by atoms with E-state index >= 15 is 0 Å². The van der Waals surface area contributed by atoms with Gasteiger partial charge >= 0.3 is 11.8 Å². The second-order valence-electron chi connectivity index (χ2n) is 5.77. The van der Waals surface area contributed by atoms with Gasteiger partial charge in [-0.25, -0.2) is 0 Å². The van der Waals surface area contributed by atoms with E-state index in [1.54, 1.807) is 9.80 Å². The maximum absolute atomic E-state index is 12.2. The van der Waals surface area contributed by atoms with E-state index in [1.807, 2.05) is 6.92 Å². The zero-order valence-corrected chi connectivity index (χ0v) is 13.9. The highest BCUT2D eigenvalue weighted by atomic mass is 32.1. The molecule has 1 rings (SSSR count). The first-order valence-corrected chi connectivity index (χ1v) is 8.35. The summed E-state index contributed by atoms with van der Waals surface area (Å²) in [4.78, 5) is 27.6. The molecule has 20 heavy (non-hydrogen) atoms. The number of hydrogen-bond acceptors (Lipinski definition) is 3. The lowest BCUT2D eigenvalue weighted by Gasteiger charge is -2.40. The lowest BCUT2D eigenvalue weighted by molar-refractivity contribution is -0.157. The van der Waals surface area contributed by atoms with Gasteiger partial charge in [0, 0.05) is 26.2 Å². The molecule has 0 aromatic rings. The molecule has 1 saturated heterocycles. The van der Waals surface area contributed by atoms with Crippen molar-refractivity contribution in [3.05, 3.63) is 0 Å². The van der Waals surface area contributed by atoms with Gasteiger partial charge in [-0.3, -0.25) is 9.59 Å². The Labute approximate surface area is 128 Å². The van der Waals surface area contributed by atoms with E-state index in [1.165, 1.54) is 0 Å². The predicted octanol–water partition coefficient (Wildman–Crippen LogP) is 2.19. The smallest absolute Gasteiger partial charge is 0.312 e. The van der Waals surface area contributed by atoms with E-state index in [4.69, 9.17) is 0 Å². The van der Waals surface area contributed by atoms with Crippen LogP contribution < -0.4 is 0 Å². The highest BCUT2D eigenvalue weighted by molar-refractivity contribution is 7.80. The Kier molecular flexibility index (Phi) is 6.86. The number of amides is 2. The maximum Gasteiger partial charge on any atom is 0.312 e. The zero-order valence-electron chi connectivity index (χ0n) is 13.0. The number of hydrogen-bond donors (Lipinski definition) is 1. The molecule has 0 radical (unpaired) electrons. The van der Waals surface area contributed by atoms with Crippen LogP contribution in [0, 0.1) is 5.41 Å². The van der Waals surface area contributed by atoms with Gasteiger partial charge in [0.2, 0.25) is 0 Å². The number of thiol groups is 1. The van der Waals surface area contributed by atoms with Crippen LogP contribution in [0.2, 0.25) is 0 Å². The van der Waals surface area contributed by atoms with Gasteiger partial charge in [-0.15, -0.1) is 0 Å². The average Bonchev–Trinajstić information content (AvgIpc) is 2.44. The molecule has 0 atom stereocenters. The van der Waals surface area contributed by atoms with E-state index < -0.39 is 0 Å². The van der Waals surface area contributed by atoms with Crippen molar-refractivity contribution in [2.24, 2.45) is 5.41 Å². The fourth-order valence-corrected chi connectivity index (χ4v) is 3.54. The topological polar surface area (TPSA) is 40.6 Å². The molecule has 0 unspecified atom stereocenters. The molecule has 0 N–H and O–H groups in total. The van der Waals surface area contributed by atoms with E-state index in [0.29, 0.717) is 26.2 Å². The monoisotopic (exact) mass is 300 g/mol. The summed E-state index contributed by atoms with van der Waals surface area (Å²) in [5.74, 6) is 0.0840. The molecule has 4 nitrogen and oxygen atoms in total. The molecule has 0 saturated carbocycles. The maximum atomic E-state index is 12.2. The Bertz CT molecular complexity index is 341. The summed E-state index contributed by atoms with van der Waals surface area (Å²) in [5, 5.41) is 0. The Hall–Kier alpha value is -0.710. The Morgan fingerprint density at radius 3 is 1.95 bits per heavy atom. The molecule has 0 aromatic carbocycles. The molecular weight excluding hydrogens is 272 g/mol. The van der Waals surface area contributed by atoms with Crippen LogP contribution in [0.1, 0.15) is 46.5 Å². The van der Waals surface area contributed by atoms with Crippen LogP contribution in [-0.2, 0) is 9.59 Å². The van der Waals surface area contributed by atoms with Gasteiger partial charge in [0.15, 0.2) is 0 Å². The van der Waals surface area contributed by atoms with Crippen LogP contribution in [0.15, 0.2) is 0 Å². The lowest BCUT2D eigenvalue weighted by Crippen LogP contribution is -2.56. The van der Waals surface area contributed by atoms with Crippen molar-refractivity contribution in [2.45, 2.75) is 46.5 Å². The molecule has 1 aliphatic rings. The van der Waals surface area contributed by atoms with Gasteiger partial charge < -0.3 is 9.80 Å². The standard InChI is InChI=1S/C15H28N2O2S/c1-4-7-15(12-20,8-5-2)11-17-10-9-16(6-3)13(18)14(17)19/h20H,4-12H2,1-3H3. The highest BCUT2D eigenvalue weighted by Gasteiger charge is 2.37. The number of likely N-dealkylation sites (N-methyl/N-ethyl adjacent to an activating group) is 1. The number of carbonyl (C=O) groups is 2. The van der Waals surface area contributed by atoms with Crippen LogP contribution in [0.3, 0.4) is 0 Å². The summed E-state index contributed by atoms with van der Waals surface area (Å²) in [6.45, 7) is 8.82. The third kappa shape index (κ3) is 3.90. The number of rotatable bonds is 8. The van der Waals surface area contributed by atoms with Crippen molar-refractivity contribution in [2.75, 3.05) is 31.9 Å². The Balaban J connectivity index is 2.78. The van der Waals surface area contributed by atoms with Crippen molar-refractivity contribution < 1.29 is 9.59 Å². The predicted molar refractivity (Wildman–Crippen MR) is 84.9 cm³/mol. The van der Waals surface area contributed by atoms with Gasteiger partial charge in [-0.05, 0) is 30.9 Å². The van der Waals surface area contributed by atoms with Crippen LogP contribution in [-0.4, -0.2) is 53.5 Å². The SMILES string of the molecule is CCCC(CS)(CCC)CN1CCN(CC)C(=O)C1=O. The van der Waals surface area contributed by atoms with Crippen molar-refractivity contribution >= 4 is 24.4 Å². The van der Waals surface area contributed by atoms with Crippen LogP contribution in [0.5, 0.6) is 0 Å². The van der Waals surface area contributed by atoms with Gasteiger partial charge in [-0.2, -0.15) is 12.6 Å². The Morgan fingerprint density at radius 1 is 1.00 bits per heavy atom. The van der Waals surface area contributed by atoms with E-state index in [9.17, 15) is 9.59 Å². The minimum absolute atomic E-state index is 0.0525. The minimum Gasteiger partial charge on any atom is -0.333 e. The van der Waals surface area contributed by atoms with Gasteiger partial charge in [0.25, 0.3) is 0 Å². The lowest BCUT2D eigenvalue weighted by atomic mass is 9.80. The van der Waals surface area contributed by atoms with Crippen LogP contribution in [0.4, 0.5) is 0 Å². The van der Waals surface area contributed by atoms with E-state index in [2.05, 4.69) is 26.5 Å². The molecule has 0 aromatic heterocycles.